The predicted molar refractivity (Wildman–Crippen MR) is 73.6 cm³/mol. The van der Waals surface area contributed by atoms with Gasteiger partial charge in [-0.15, -0.1) is 0 Å². The Morgan fingerprint density at radius 1 is 1.30 bits per heavy atom. The number of benzene rings is 1. The Morgan fingerprint density at radius 3 is 2.55 bits per heavy atom. The summed E-state index contributed by atoms with van der Waals surface area (Å²) in [5.74, 6) is -0.898. The van der Waals surface area contributed by atoms with Crippen LogP contribution in [0.3, 0.4) is 0 Å². The van der Waals surface area contributed by atoms with E-state index in [0.717, 1.165) is 13.0 Å². The van der Waals surface area contributed by atoms with Crippen LogP contribution in [0.25, 0.3) is 0 Å². The summed E-state index contributed by atoms with van der Waals surface area (Å²) in [6, 6.07) is 4.67. The molecule has 20 heavy (non-hydrogen) atoms. The number of ether oxygens (including phenoxy) is 1. The van der Waals surface area contributed by atoms with Crippen molar-refractivity contribution in [1.82, 2.24) is 5.32 Å². The lowest BCUT2D eigenvalue weighted by molar-refractivity contribution is 0.0620. The smallest absolute Gasteiger partial charge is 0.129 e. The highest BCUT2D eigenvalue weighted by molar-refractivity contribution is 5.22. The number of halogens is 2. The van der Waals surface area contributed by atoms with Gasteiger partial charge in [-0.1, -0.05) is 6.07 Å². The van der Waals surface area contributed by atoms with Crippen molar-refractivity contribution in [3.05, 3.63) is 35.4 Å². The van der Waals surface area contributed by atoms with Crippen LogP contribution in [0.4, 0.5) is 8.78 Å². The molecule has 4 heteroatoms. The average Bonchev–Trinajstić information content (AvgIpc) is 3.18. The molecule has 2 unspecified atom stereocenters. The molecule has 0 radical (unpaired) electrons. The summed E-state index contributed by atoms with van der Waals surface area (Å²) in [5, 5.41) is 3.50. The quantitative estimate of drug-likeness (QED) is 0.895. The molecule has 2 nitrogen and oxygen atoms in total. The van der Waals surface area contributed by atoms with Crippen molar-refractivity contribution in [1.29, 1.82) is 0 Å². The second-order valence-electron chi connectivity index (χ2n) is 6.16. The third kappa shape index (κ3) is 2.72. The SMILES string of the molecule is CC1OCCC1(CNC1CC1)Cc1c(F)cccc1F. The van der Waals surface area contributed by atoms with Crippen molar-refractivity contribution in [2.24, 2.45) is 5.41 Å². The first kappa shape index (κ1) is 14.0. The molecule has 2 fully saturated rings. The van der Waals surface area contributed by atoms with E-state index in [1.807, 2.05) is 6.92 Å². The first-order valence-electron chi connectivity index (χ1n) is 7.39. The van der Waals surface area contributed by atoms with Crippen molar-refractivity contribution in [2.45, 2.75) is 44.8 Å². The molecule has 1 heterocycles. The molecule has 0 spiro atoms. The minimum atomic E-state index is -0.449. The molecule has 2 aliphatic rings. The number of rotatable bonds is 5. The molecular formula is C16H21F2NO. The lowest BCUT2D eigenvalue weighted by Crippen LogP contribution is -2.42. The van der Waals surface area contributed by atoms with Crippen LogP contribution >= 0.6 is 0 Å². The van der Waals surface area contributed by atoms with Gasteiger partial charge in [0.25, 0.3) is 0 Å². The van der Waals surface area contributed by atoms with Crippen molar-refractivity contribution < 1.29 is 13.5 Å². The van der Waals surface area contributed by atoms with Gasteiger partial charge in [0, 0.05) is 30.2 Å². The van der Waals surface area contributed by atoms with E-state index in [-0.39, 0.29) is 17.1 Å². The Kier molecular flexibility index (Phi) is 3.78. The zero-order valence-electron chi connectivity index (χ0n) is 11.8. The summed E-state index contributed by atoms with van der Waals surface area (Å²) < 4.78 is 33.5. The third-order valence-corrected chi connectivity index (χ3v) is 4.74. The van der Waals surface area contributed by atoms with Gasteiger partial charge in [0.1, 0.15) is 11.6 Å². The topological polar surface area (TPSA) is 21.3 Å². The highest BCUT2D eigenvalue weighted by Gasteiger charge is 2.43. The van der Waals surface area contributed by atoms with E-state index in [4.69, 9.17) is 4.74 Å². The van der Waals surface area contributed by atoms with Gasteiger partial charge in [0.2, 0.25) is 0 Å². The summed E-state index contributed by atoms with van der Waals surface area (Å²) in [6.45, 7) is 3.45. The van der Waals surface area contributed by atoms with E-state index >= 15 is 0 Å². The van der Waals surface area contributed by atoms with Gasteiger partial charge in [0.15, 0.2) is 0 Å². The lowest BCUT2D eigenvalue weighted by atomic mass is 9.76. The number of hydrogen-bond acceptors (Lipinski definition) is 2. The van der Waals surface area contributed by atoms with Gasteiger partial charge in [-0.25, -0.2) is 8.78 Å². The normalized spacial score (nSPS) is 29.9. The van der Waals surface area contributed by atoms with E-state index in [1.165, 1.54) is 31.0 Å². The van der Waals surface area contributed by atoms with Gasteiger partial charge in [-0.05, 0) is 44.7 Å². The molecule has 1 aromatic rings. The van der Waals surface area contributed by atoms with Crippen LogP contribution in [0, 0.1) is 17.0 Å². The zero-order valence-corrected chi connectivity index (χ0v) is 11.8. The molecular weight excluding hydrogens is 260 g/mol. The van der Waals surface area contributed by atoms with E-state index in [2.05, 4.69) is 5.32 Å². The minimum Gasteiger partial charge on any atom is -0.378 e. The maximum atomic E-state index is 13.9. The summed E-state index contributed by atoms with van der Waals surface area (Å²) in [7, 11) is 0. The van der Waals surface area contributed by atoms with Crippen molar-refractivity contribution >= 4 is 0 Å². The molecule has 1 aliphatic carbocycles. The second-order valence-corrected chi connectivity index (χ2v) is 6.16. The van der Waals surface area contributed by atoms with Gasteiger partial charge >= 0.3 is 0 Å². The van der Waals surface area contributed by atoms with Crippen LogP contribution in [-0.2, 0) is 11.2 Å². The number of nitrogens with one attached hydrogen (secondary N) is 1. The molecule has 0 bridgehead atoms. The van der Waals surface area contributed by atoms with E-state index in [1.54, 1.807) is 0 Å². The lowest BCUT2D eigenvalue weighted by Gasteiger charge is -2.33. The fourth-order valence-electron chi connectivity index (χ4n) is 3.03. The molecule has 2 atom stereocenters. The molecule has 1 saturated carbocycles. The van der Waals surface area contributed by atoms with Crippen LogP contribution in [-0.4, -0.2) is 25.3 Å². The first-order valence-corrected chi connectivity index (χ1v) is 7.39. The van der Waals surface area contributed by atoms with Crippen LogP contribution in [0.2, 0.25) is 0 Å². The average molecular weight is 281 g/mol. The van der Waals surface area contributed by atoms with Crippen molar-refractivity contribution in [3.8, 4) is 0 Å². The van der Waals surface area contributed by atoms with Crippen molar-refractivity contribution in [2.75, 3.05) is 13.2 Å². The maximum absolute atomic E-state index is 13.9. The van der Waals surface area contributed by atoms with E-state index in [9.17, 15) is 8.78 Å². The molecule has 1 aromatic carbocycles. The van der Waals surface area contributed by atoms with Crippen LogP contribution in [0.5, 0.6) is 0 Å². The Morgan fingerprint density at radius 2 is 2.00 bits per heavy atom. The van der Waals surface area contributed by atoms with Crippen LogP contribution in [0.1, 0.15) is 31.7 Å². The molecule has 0 aromatic heterocycles. The van der Waals surface area contributed by atoms with Gasteiger partial charge in [-0.3, -0.25) is 0 Å². The van der Waals surface area contributed by atoms with Crippen LogP contribution < -0.4 is 5.32 Å². The zero-order chi connectivity index (χ0) is 14.2. The monoisotopic (exact) mass is 281 g/mol. The summed E-state index contributed by atoms with van der Waals surface area (Å²) in [5.41, 5.74) is -0.00604. The standard InChI is InChI=1S/C16H21F2NO/c1-11-16(7-8-20-11,10-19-12-5-6-12)9-13-14(17)3-2-4-15(13)18/h2-4,11-12,19H,5-10H2,1H3. The second kappa shape index (κ2) is 5.41. The molecule has 3 rings (SSSR count). The highest BCUT2D eigenvalue weighted by Crippen LogP contribution is 2.39. The Labute approximate surface area is 118 Å². The Balaban J connectivity index is 1.82. The molecule has 1 saturated heterocycles. The first-order chi connectivity index (χ1) is 9.61. The maximum Gasteiger partial charge on any atom is 0.129 e. The molecule has 1 aliphatic heterocycles. The van der Waals surface area contributed by atoms with Crippen molar-refractivity contribution in [3.63, 3.8) is 0 Å². The van der Waals surface area contributed by atoms with Gasteiger partial charge < -0.3 is 10.1 Å². The van der Waals surface area contributed by atoms with Gasteiger partial charge in [0.05, 0.1) is 6.10 Å². The largest absolute Gasteiger partial charge is 0.378 e. The van der Waals surface area contributed by atoms with E-state index in [0.29, 0.717) is 19.1 Å². The minimum absolute atomic E-state index is 0.0211. The summed E-state index contributed by atoms with van der Waals surface area (Å²) in [6.07, 6.45) is 3.68. The Bertz CT molecular complexity index is 469. The van der Waals surface area contributed by atoms with E-state index < -0.39 is 11.6 Å². The molecule has 110 valence electrons. The third-order valence-electron chi connectivity index (χ3n) is 4.74. The fourth-order valence-corrected chi connectivity index (χ4v) is 3.03. The number of hydrogen-bond donors (Lipinski definition) is 1. The van der Waals surface area contributed by atoms with Gasteiger partial charge in [-0.2, -0.15) is 0 Å². The highest BCUT2D eigenvalue weighted by atomic mass is 19.1. The molecule has 0 amide bonds. The summed E-state index contributed by atoms with van der Waals surface area (Å²) in [4.78, 5) is 0. The predicted octanol–water partition coefficient (Wildman–Crippen LogP) is 3.05. The summed E-state index contributed by atoms with van der Waals surface area (Å²) >= 11 is 0. The Hall–Kier alpha value is -1.00. The fraction of sp³-hybridized carbons (Fsp3) is 0.625. The van der Waals surface area contributed by atoms with Crippen LogP contribution in [0.15, 0.2) is 18.2 Å². The molecule has 1 N–H and O–H groups in total.